The molecule has 0 spiro atoms. The quantitative estimate of drug-likeness (QED) is 0.604. The van der Waals surface area contributed by atoms with Gasteiger partial charge in [-0.15, -0.1) is 0 Å². The summed E-state index contributed by atoms with van der Waals surface area (Å²) in [4.78, 5) is 11.1. The molecular formula is C9H17NO. The van der Waals surface area contributed by atoms with Gasteiger partial charge in [-0.25, -0.2) is 0 Å². The average molecular weight is 155 g/mol. The van der Waals surface area contributed by atoms with Crippen molar-refractivity contribution in [1.82, 2.24) is 5.32 Å². The van der Waals surface area contributed by atoms with Gasteiger partial charge in [-0.3, -0.25) is 4.79 Å². The Morgan fingerprint density at radius 1 is 1.27 bits per heavy atom. The van der Waals surface area contributed by atoms with Crippen molar-refractivity contribution >= 4 is 5.91 Å². The minimum Gasteiger partial charge on any atom is -0.355 e. The van der Waals surface area contributed by atoms with Gasteiger partial charge in [0.25, 0.3) is 0 Å². The van der Waals surface area contributed by atoms with Crippen LogP contribution in [0, 0.1) is 5.92 Å². The Bertz CT molecular complexity index is 180. The zero-order valence-electron chi connectivity index (χ0n) is 7.99. The fraction of sp³-hybridized carbons (Fsp3) is 0.667. The summed E-state index contributed by atoms with van der Waals surface area (Å²) in [5, 5.41) is 2.60. The highest BCUT2D eigenvalue weighted by molar-refractivity contribution is 5.93. The summed E-state index contributed by atoms with van der Waals surface area (Å²) in [6.45, 7) is 8.02. The zero-order valence-corrected chi connectivity index (χ0v) is 7.99. The maximum absolute atomic E-state index is 11.1. The molecule has 0 fully saturated rings. The molecule has 2 heteroatoms. The van der Waals surface area contributed by atoms with Crippen LogP contribution in [0.4, 0.5) is 0 Å². The van der Waals surface area contributed by atoms with Gasteiger partial charge in [-0.05, 0) is 19.8 Å². The van der Waals surface area contributed by atoms with Gasteiger partial charge in [0.1, 0.15) is 0 Å². The molecule has 0 aromatic heterocycles. The van der Waals surface area contributed by atoms with Crippen LogP contribution in [-0.2, 0) is 4.79 Å². The standard InChI is InChI=1S/C9H17NO/c1-6(2)7(3)8(4)9(11)10-5/h6H,1-5H3,(H,10,11)/b8-7+. The lowest BCUT2D eigenvalue weighted by Gasteiger charge is -2.09. The number of carbonyl (C=O) groups excluding carboxylic acids is 1. The van der Waals surface area contributed by atoms with Gasteiger partial charge < -0.3 is 5.32 Å². The smallest absolute Gasteiger partial charge is 0.246 e. The summed E-state index contributed by atoms with van der Waals surface area (Å²) in [5.74, 6) is 0.475. The summed E-state index contributed by atoms with van der Waals surface area (Å²) < 4.78 is 0. The van der Waals surface area contributed by atoms with E-state index < -0.39 is 0 Å². The number of allylic oxidation sites excluding steroid dienone is 1. The van der Waals surface area contributed by atoms with E-state index in [1.807, 2.05) is 13.8 Å². The van der Waals surface area contributed by atoms with Crippen LogP contribution in [0.2, 0.25) is 0 Å². The third kappa shape index (κ3) is 2.74. The van der Waals surface area contributed by atoms with Crippen molar-refractivity contribution in [1.29, 1.82) is 0 Å². The largest absolute Gasteiger partial charge is 0.355 e. The maximum Gasteiger partial charge on any atom is 0.246 e. The summed E-state index contributed by atoms with van der Waals surface area (Å²) >= 11 is 0. The fourth-order valence-electron chi connectivity index (χ4n) is 0.800. The molecule has 11 heavy (non-hydrogen) atoms. The Morgan fingerprint density at radius 2 is 1.73 bits per heavy atom. The monoisotopic (exact) mass is 155 g/mol. The summed E-state index contributed by atoms with van der Waals surface area (Å²) in [6.07, 6.45) is 0. The van der Waals surface area contributed by atoms with E-state index in [0.717, 1.165) is 11.1 Å². The van der Waals surface area contributed by atoms with Crippen LogP contribution in [0.1, 0.15) is 27.7 Å². The van der Waals surface area contributed by atoms with E-state index in [-0.39, 0.29) is 5.91 Å². The van der Waals surface area contributed by atoms with Gasteiger partial charge in [-0.2, -0.15) is 0 Å². The van der Waals surface area contributed by atoms with Crippen molar-refractivity contribution in [2.45, 2.75) is 27.7 Å². The Kier molecular flexibility index (Phi) is 3.86. The third-order valence-corrected chi connectivity index (χ3v) is 2.03. The predicted molar refractivity (Wildman–Crippen MR) is 47.3 cm³/mol. The van der Waals surface area contributed by atoms with Crippen molar-refractivity contribution in [3.8, 4) is 0 Å². The molecule has 0 aromatic carbocycles. The molecule has 1 N–H and O–H groups in total. The first-order chi connectivity index (χ1) is 5.00. The number of likely N-dealkylation sites (N-methyl/N-ethyl adjacent to an activating group) is 1. The lowest BCUT2D eigenvalue weighted by molar-refractivity contribution is -0.117. The lowest BCUT2D eigenvalue weighted by Crippen LogP contribution is -2.20. The van der Waals surface area contributed by atoms with Crippen LogP contribution < -0.4 is 5.32 Å². The molecule has 0 aliphatic carbocycles. The molecule has 0 bridgehead atoms. The first-order valence-corrected chi connectivity index (χ1v) is 3.90. The second-order valence-corrected chi connectivity index (χ2v) is 3.04. The van der Waals surface area contributed by atoms with E-state index in [1.54, 1.807) is 7.05 Å². The van der Waals surface area contributed by atoms with Crippen LogP contribution >= 0.6 is 0 Å². The van der Waals surface area contributed by atoms with Crippen molar-refractivity contribution in [3.05, 3.63) is 11.1 Å². The highest BCUT2D eigenvalue weighted by Crippen LogP contribution is 2.13. The molecule has 2 nitrogen and oxygen atoms in total. The van der Waals surface area contributed by atoms with Gasteiger partial charge in [-0.1, -0.05) is 19.4 Å². The lowest BCUT2D eigenvalue weighted by atomic mass is 10.00. The molecule has 0 rings (SSSR count). The minimum absolute atomic E-state index is 0.0243. The average Bonchev–Trinajstić information content (AvgIpc) is 2.00. The number of nitrogens with one attached hydrogen (secondary N) is 1. The zero-order chi connectivity index (χ0) is 9.02. The topological polar surface area (TPSA) is 29.1 Å². The number of rotatable bonds is 2. The molecular weight excluding hydrogens is 138 g/mol. The molecule has 0 radical (unpaired) electrons. The van der Waals surface area contributed by atoms with Crippen molar-refractivity contribution in [2.75, 3.05) is 7.05 Å². The predicted octanol–water partition coefficient (Wildman–Crippen LogP) is 1.72. The molecule has 64 valence electrons. The van der Waals surface area contributed by atoms with Gasteiger partial charge in [0.15, 0.2) is 0 Å². The Balaban J connectivity index is 4.52. The van der Waals surface area contributed by atoms with Crippen LogP contribution in [0.15, 0.2) is 11.1 Å². The molecule has 0 saturated carbocycles. The van der Waals surface area contributed by atoms with Crippen LogP contribution in [0.25, 0.3) is 0 Å². The fourth-order valence-corrected chi connectivity index (χ4v) is 0.800. The molecule has 0 aliphatic heterocycles. The molecule has 0 aliphatic rings. The van der Waals surface area contributed by atoms with E-state index >= 15 is 0 Å². The van der Waals surface area contributed by atoms with Gasteiger partial charge in [0.2, 0.25) is 5.91 Å². The number of amides is 1. The highest BCUT2D eigenvalue weighted by atomic mass is 16.1. The first-order valence-electron chi connectivity index (χ1n) is 3.90. The normalized spacial score (nSPS) is 12.9. The van der Waals surface area contributed by atoms with Gasteiger partial charge in [0, 0.05) is 12.6 Å². The molecule has 1 amide bonds. The van der Waals surface area contributed by atoms with Crippen LogP contribution in [0.3, 0.4) is 0 Å². The second kappa shape index (κ2) is 4.16. The minimum atomic E-state index is 0.0243. The van der Waals surface area contributed by atoms with Gasteiger partial charge in [0.05, 0.1) is 0 Å². The molecule has 0 aromatic rings. The third-order valence-electron chi connectivity index (χ3n) is 2.03. The van der Waals surface area contributed by atoms with E-state index in [9.17, 15) is 4.79 Å². The van der Waals surface area contributed by atoms with E-state index in [0.29, 0.717) is 5.92 Å². The summed E-state index contributed by atoms with van der Waals surface area (Å²) in [7, 11) is 1.65. The SMILES string of the molecule is CNC(=O)/C(C)=C(\C)C(C)C. The van der Waals surface area contributed by atoms with Gasteiger partial charge >= 0.3 is 0 Å². The molecule has 0 atom stereocenters. The van der Waals surface area contributed by atoms with Crippen molar-refractivity contribution in [3.63, 3.8) is 0 Å². The maximum atomic E-state index is 11.1. The molecule has 0 unspecified atom stereocenters. The Hall–Kier alpha value is -0.790. The number of hydrogen-bond donors (Lipinski definition) is 1. The van der Waals surface area contributed by atoms with Crippen molar-refractivity contribution in [2.24, 2.45) is 5.92 Å². The number of hydrogen-bond acceptors (Lipinski definition) is 1. The van der Waals surface area contributed by atoms with E-state index in [4.69, 9.17) is 0 Å². The summed E-state index contributed by atoms with van der Waals surface area (Å²) in [5.41, 5.74) is 1.99. The highest BCUT2D eigenvalue weighted by Gasteiger charge is 2.07. The second-order valence-electron chi connectivity index (χ2n) is 3.04. The van der Waals surface area contributed by atoms with Crippen LogP contribution in [-0.4, -0.2) is 13.0 Å². The Labute approximate surface area is 68.7 Å². The van der Waals surface area contributed by atoms with E-state index in [2.05, 4.69) is 19.2 Å². The first kappa shape index (κ1) is 10.2. The van der Waals surface area contributed by atoms with E-state index in [1.165, 1.54) is 0 Å². The number of carbonyl (C=O) groups is 1. The Morgan fingerprint density at radius 3 is 2.00 bits per heavy atom. The van der Waals surface area contributed by atoms with Crippen molar-refractivity contribution < 1.29 is 4.79 Å². The van der Waals surface area contributed by atoms with Crippen LogP contribution in [0.5, 0.6) is 0 Å². The molecule has 0 saturated heterocycles. The summed E-state index contributed by atoms with van der Waals surface area (Å²) in [6, 6.07) is 0. The molecule has 0 heterocycles.